The van der Waals surface area contributed by atoms with Gasteiger partial charge >= 0.3 is 5.97 Å². The van der Waals surface area contributed by atoms with Gasteiger partial charge in [-0.2, -0.15) is 0 Å². The van der Waals surface area contributed by atoms with Gasteiger partial charge in [0.2, 0.25) is 0 Å². The Morgan fingerprint density at radius 3 is 2.12 bits per heavy atom. The second-order valence-electron chi connectivity index (χ2n) is 6.68. The molecule has 0 amide bonds. The van der Waals surface area contributed by atoms with Crippen molar-refractivity contribution >= 4 is 5.97 Å². The van der Waals surface area contributed by atoms with E-state index in [1.807, 2.05) is 55.5 Å². The van der Waals surface area contributed by atoms with Crippen LogP contribution in [0.3, 0.4) is 0 Å². The summed E-state index contributed by atoms with van der Waals surface area (Å²) in [6.45, 7) is 5.64. The zero-order valence-electron chi connectivity index (χ0n) is 15.8. The van der Waals surface area contributed by atoms with E-state index in [4.69, 9.17) is 15.2 Å². The molecule has 4 nitrogen and oxygen atoms in total. The average molecular weight is 355 g/mol. The number of para-hydroxylation sites is 1. The van der Waals surface area contributed by atoms with Gasteiger partial charge in [-0.05, 0) is 44.4 Å². The number of nitrogens with two attached hydrogens (primary N) is 1. The highest BCUT2D eigenvalue weighted by Gasteiger charge is 2.31. The van der Waals surface area contributed by atoms with Gasteiger partial charge in [0, 0.05) is 5.92 Å². The van der Waals surface area contributed by atoms with Crippen molar-refractivity contribution in [2.24, 2.45) is 11.7 Å². The molecule has 2 N–H and O–H groups in total. The molecule has 4 heteroatoms. The molecule has 0 aliphatic heterocycles. The molecule has 0 spiro atoms. The van der Waals surface area contributed by atoms with Gasteiger partial charge in [0.05, 0.1) is 0 Å². The summed E-state index contributed by atoms with van der Waals surface area (Å²) in [6, 6.07) is 19.3. The molecular formula is C22H29NO3. The first-order valence-corrected chi connectivity index (χ1v) is 9.23. The third kappa shape index (κ3) is 5.88. The maximum absolute atomic E-state index is 12.0. The Labute approximate surface area is 156 Å². The Morgan fingerprint density at radius 1 is 1.00 bits per heavy atom. The number of esters is 1. The van der Waals surface area contributed by atoms with E-state index >= 15 is 0 Å². The predicted molar refractivity (Wildman–Crippen MR) is 104 cm³/mol. The lowest BCUT2D eigenvalue weighted by Crippen LogP contribution is -2.43. The van der Waals surface area contributed by atoms with E-state index in [9.17, 15) is 4.79 Å². The summed E-state index contributed by atoms with van der Waals surface area (Å²) < 4.78 is 11.8. The third-order valence-electron chi connectivity index (χ3n) is 4.48. The van der Waals surface area contributed by atoms with Crippen LogP contribution < -0.4 is 10.5 Å². The normalized spacial score (nSPS) is 15.5. The van der Waals surface area contributed by atoms with Crippen molar-refractivity contribution in [2.45, 2.75) is 51.9 Å². The minimum Gasteiger partial charge on any atom is -0.486 e. The minimum atomic E-state index is -0.649. The maximum Gasteiger partial charge on any atom is 0.323 e. The van der Waals surface area contributed by atoms with E-state index in [1.54, 1.807) is 6.92 Å². The lowest BCUT2D eigenvalue weighted by molar-refractivity contribution is -0.155. The minimum absolute atomic E-state index is 0.202. The van der Waals surface area contributed by atoms with Crippen LogP contribution in [0, 0.1) is 5.92 Å². The van der Waals surface area contributed by atoms with Crippen LogP contribution in [0.15, 0.2) is 60.7 Å². The number of hydrogen-bond acceptors (Lipinski definition) is 4. The quantitative estimate of drug-likeness (QED) is 0.691. The molecule has 0 fully saturated rings. The van der Waals surface area contributed by atoms with Crippen molar-refractivity contribution in [2.75, 3.05) is 0 Å². The van der Waals surface area contributed by atoms with Crippen molar-refractivity contribution in [1.29, 1.82) is 0 Å². The number of carbonyl (C=O) groups is 1. The molecule has 0 aromatic heterocycles. The molecule has 2 rings (SSSR count). The van der Waals surface area contributed by atoms with Crippen LogP contribution in [0.4, 0.5) is 0 Å². The van der Waals surface area contributed by atoms with E-state index in [1.165, 1.54) is 5.56 Å². The molecule has 0 heterocycles. The summed E-state index contributed by atoms with van der Waals surface area (Å²) in [7, 11) is 0. The van der Waals surface area contributed by atoms with Crippen LogP contribution >= 0.6 is 0 Å². The van der Waals surface area contributed by atoms with Crippen LogP contribution in [0.1, 0.15) is 32.8 Å². The maximum atomic E-state index is 12.0. The Hall–Kier alpha value is -2.33. The standard InChI is InChI=1S/C22H29NO3/c1-4-19(15-18-11-7-5-8-12-18)21(17(3)25-22(24)16(2)23)26-20-13-9-6-10-14-20/h5-14,16-17,19,21H,4,15,23H2,1-3H3/t16-,17-,19-,21+/m0/s1. The van der Waals surface area contributed by atoms with Gasteiger partial charge in [-0.1, -0.05) is 55.5 Å². The van der Waals surface area contributed by atoms with Crippen molar-refractivity contribution in [3.63, 3.8) is 0 Å². The lowest BCUT2D eigenvalue weighted by Gasteiger charge is -2.32. The average Bonchev–Trinajstić information content (AvgIpc) is 2.66. The molecule has 0 unspecified atom stereocenters. The summed E-state index contributed by atoms with van der Waals surface area (Å²) >= 11 is 0. The second-order valence-corrected chi connectivity index (χ2v) is 6.68. The molecule has 2 aromatic carbocycles. The Kier molecular flexibility index (Phi) is 7.67. The number of rotatable bonds is 9. The van der Waals surface area contributed by atoms with Gasteiger partial charge in [0.15, 0.2) is 0 Å². The van der Waals surface area contributed by atoms with Gasteiger partial charge in [-0.25, -0.2) is 0 Å². The molecule has 0 saturated heterocycles. The molecule has 0 aliphatic rings. The molecule has 0 radical (unpaired) electrons. The van der Waals surface area contributed by atoms with E-state index < -0.39 is 18.1 Å². The molecule has 4 atom stereocenters. The summed E-state index contributed by atoms with van der Waals surface area (Å²) in [4.78, 5) is 12.0. The first-order chi connectivity index (χ1) is 12.5. The van der Waals surface area contributed by atoms with E-state index in [2.05, 4.69) is 19.1 Å². The predicted octanol–water partition coefficient (Wildman–Crippen LogP) is 3.98. The van der Waals surface area contributed by atoms with E-state index in [0.29, 0.717) is 0 Å². The van der Waals surface area contributed by atoms with E-state index in [-0.39, 0.29) is 12.0 Å². The molecule has 26 heavy (non-hydrogen) atoms. The highest BCUT2D eigenvalue weighted by Crippen LogP contribution is 2.25. The number of ether oxygens (including phenoxy) is 2. The van der Waals surface area contributed by atoms with Crippen LogP contribution in [-0.4, -0.2) is 24.2 Å². The zero-order chi connectivity index (χ0) is 18.9. The molecular weight excluding hydrogens is 326 g/mol. The lowest BCUT2D eigenvalue weighted by atomic mass is 9.89. The summed E-state index contributed by atoms with van der Waals surface area (Å²) in [5, 5.41) is 0. The van der Waals surface area contributed by atoms with Crippen LogP contribution in [0.25, 0.3) is 0 Å². The van der Waals surface area contributed by atoms with E-state index in [0.717, 1.165) is 18.6 Å². The SMILES string of the molecule is CC[C@@H](Cc1ccccc1)[C@H](Oc1ccccc1)[C@H](C)OC(=O)[C@H](C)N. The van der Waals surface area contributed by atoms with Crippen molar-refractivity contribution in [3.05, 3.63) is 66.2 Å². The molecule has 0 aliphatic carbocycles. The van der Waals surface area contributed by atoms with Crippen LogP contribution in [0.5, 0.6) is 5.75 Å². The van der Waals surface area contributed by atoms with Gasteiger partial charge in [-0.15, -0.1) is 0 Å². The first-order valence-electron chi connectivity index (χ1n) is 9.23. The number of hydrogen-bond donors (Lipinski definition) is 1. The van der Waals surface area contributed by atoms with Gasteiger partial charge in [0.25, 0.3) is 0 Å². The number of carbonyl (C=O) groups excluding carboxylic acids is 1. The van der Waals surface area contributed by atoms with Crippen molar-refractivity contribution in [1.82, 2.24) is 0 Å². The smallest absolute Gasteiger partial charge is 0.323 e. The highest BCUT2D eigenvalue weighted by molar-refractivity contribution is 5.75. The molecule has 2 aromatic rings. The Bertz CT molecular complexity index is 658. The summed E-state index contributed by atoms with van der Waals surface area (Å²) in [6.07, 6.45) is 1.11. The monoisotopic (exact) mass is 355 g/mol. The van der Waals surface area contributed by atoms with Crippen molar-refractivity contribution < 1.29 is 14.3 Å². The fourth-order valence-corrected chi connectivity index (χ4v) is 3.00. The first kappa shape index (κ1) is 20.0. The molecule has 0 bridgehead atoms. The largest absolute Gasteiger partial charge is 0.486 e. The molecule has 0 saturated carbocycles. The fraction of sp³-hybridized carbons (Fsp3) is 0.409. The fourth-order valence-electron chi connectivity index (χ4n) is 3.00. The van der Waals surface area contributed by atoms with Crippen molar-refractivity contribution in [3.8, 4) is 5.75 Å². The third-order valence-corrected chi connectivity index (χ3v) is 4.48. The summed E-state index contributed by atoms with van der Waals surface area (Å²) in [5.41, 5.74) is 6.90. The van der Waals surface area contributed by atoms with Gasteiger partial charge in [-0.3, -0.25) is 4.79 Å². The number of benzene rings is 2. The second kappa shape index (κ2) is 9.97. The van der Waals surface area contributed by atoms with Gasteiger partial charge in [0.1, 0.15) is 24.0 Å². The zero-order valence-corrected chi connectivity index (χ0v) is 15.8. The summed E-state index contributed by atoms with van der Waals surface area (Å²) in [5.74, 6) is 0.565. The van der Waals surface area contributed by atoms with Crippen LogP contribution in [0.2, 0.25) is 0 Å². The van der Waals surface area contributed by atoms with Gasteiger partial charge < -0.3 is 15.2 Å². The Balaban J connectivity index is 2.20. The highest BCUT2D eigenvalue weighted by atomic mass is 16.6. The molecule has 140 valence electrons. The topological polar surface area (TPSA) is 61.5 Å². The Morgan fingerprint density at radius 2 is 1.58 bits per heavy atom. The van der Waals surface area contributed by atoms with Crippen LogP contribution in [-0.2, 0) is 16.0 Å².